The zero-order valence-corrected chi connectivity index (χ0v) is 9.81. The summed E-state index contributed by atoms with van der Waals surface area (Å²) in [6.45, 7) is 0. The monoisotopic (exact) mass is 238 g/mol. The first kappa shape index (κ1) is 11.3. The summed E-state index contributed by atoms with van der Waals surface area (Å²) in [5.41, 5.74) is 1.30. The van der Waals surface area contributed by atoms with Crippen LogP contribution in [-0.4, -0.2) is 16.9 Å². The largest absolute Gasteiger partial charge is 0.481 e. The fourth-order valence-corrected chi connectivity index (χ4v) is 3.19. The van der Waals surface area contributed by atoms with Crippen molar-refractivity contribution < 1.29 is 14.7 Å². The van der Waals surface area contributed by atoms with Crippen LogP contribution in [0.3, 0.4) is 0 Å². The first-order valence-electron chi connectivity index (χ1n) is 5.53. The number of aryl methyl sites for hydroxylation is 2. The Morgan fingerprint density at radius 2 is 2.00 bits per heavy atom. The standard InChI is InChI=1S/C12H14O3S/c13-9(5-6-12(14)15)11-7-8-3-1-2-4-10(8)16-11/h7H,1-6H2,(H,14,15). The lowest BCUT2D eigenvalue weighted by atomic mass is 9.99. The number of rotatable bonds is 4. The number of hydrogen-bond acceptors (Lipinski definition) is 3. The maximum Gasteiger partial charge on any atom is 0.303 e. The number of carboxylic acids is 1. The number of aliphatic carboxylic acids is 1. The van der Waals surface area contributed by atoms with Crippen molar-refractivity contribution in [3.05, 3.63) is 21.4 Å². The third-order valence-electron chi connectivity index (χ3n) is 2.84. The van der Waals surface area contributed by atoms with E-state index < -0.39 is 5.97 Å². The number of carbonyl (C=O) groups excluding carboxylic acids is 1. The fourth-order valence-electron chi connectivity index (χ4n) is 1.97. The summed E-state index contributed by atoms with van der Waals surface area (Å²) in [5, 5.41) is 8.52. The second kappa shape index (κ2) is 4.78. The maximum absolute atomic E-state index is 11.7. The second-order valence-corrected chi connectivity index (χ2v) is 5.22. The molecule has 0 aromatic carbocycles. The topological polar surface area (TPSA) is 54.4 Å². The SMILES string of the molecule is O=C(O)CCC(=O)c1cc2c(s1)CCCC2. The molecule has 0 saturated heterocycles. The van der Waals surface area contributed by atoms with Gasteiger partial charge in [-0.1, -0.05) is 0 Å². The van der Waals surface area contributed by atoms with E-state index >= 15 is 0 Å². The molecule has 1 aromatic heterocycles. The molecule has 0 bridgehead atoms. The fraction of sp³-hybridized carbons (Fsp3) is 0.500. The minimum Gasteiger partial charge on any atom is -0.481 e. The Labute approximate surface area is 98.1 Å². The van der Waals surface area contributed by atoms with Crippen LogP contribution in [0.25, 0.3) is 0 Å². The van der Waals surface area contributed by atoms with Gasteiger partial charge in [0.05, 0.1) is 11.3 Å². The van der Waals surface area contributed by atoms with Crippen LogP contribution >= 0.6 is 11.3 Å². The molecular weight excluding hydrogens is 224 g/mol. The van der Waals surface area contributed by atoms with Gasteiger partial charge in [0.1, 0.15) is 0 Å². The lowest BCUT2D eigenvalue weighted by Crippen LogP contribution is -2.01. The van der Waals surface area contributed by atoms with Gasteiger partial charge in [-0.3, -0.25) is 9.59 Å². The van der Waals surface area contributed by atoms with Crippen molar-refractivity contribution in [1.29, 1.82) is 0 Å². The Bertz CT molecular complexity index is 396. The van der Waals surface area contributed by atoms with E-state index in [2.05, 4.69) is 0 Å². The predicted molar refractivity (Wildman–Crippen MR) is 62.2 cm³/mol. The van der Waals surface area contributed by atoms with Gasteiger partial charge >= 0.3 is 5.97 Å². The highest BCUT2D eigenvalue weighted by Crippen LogP contribution is 2.30. The highest BCUT2D eigenvalue weighted by Gasteiger charge is 2.17. The molecule has 2 rings (SSSR count). The maximum atomic E-state index is 11.7. The lowest BCUT2D eigenvalue weighted by molar-refractivity contribution is -0.136. The second-order valence-electron chi connectivity index (χ2n) is 4.08. The number of Topliss-reactive ketones (excluding diaryl/α,β-unsaturated/α-hetero) is 1. The molecule has 3 nitrogen and oxygen atoms in total. The Balaban J connectivity index is 2.06. The number of hydrogen-bond donors (Lipinski definition) is 1. The van der Waals surface area contributed by atoms with Crippen LogP contribution in [-0.2, 0) is 17.6 Å². The van der Waals surface area contributed by atoms with Crippen LogP contribution in [0, 0.1) is 0 Å². The Morgan fingerprint density at radius 3 is 2.69 bits per heavy atom. The molecule has 0 radical (unpaired) electrons. The number of ketones is 1. The number of carbonyl (C=O) groups is 2. The molecule has 0 aliphatic heterocycles. The molecule has 16 heavy (non-hydrogen) atoms. The van der Waals surface area contributed by atoms with Gasteiger partial charge in [-0.25, -0.2) is 0 Å². The lowest BCUT2D eigenvalue weighted by Gasteiger charge is -2.08. The van der Waals surface area contributed by atoms with Crippen molar-refractivity contribution in [2.24, 2.45) is 0 Å². The van der Waals surface area contributed by atoms with E-state index in [1.165, 1.54) is 23.3 Å². The summed E-state index contributed by atoms with van der Waals surface area (Å²) in [5.74, 6) is -0.934. The predicted octanol–water partition coefficient (Wildman–Crippen LogP) is 2.67. The Morgan fingerprint density at radius 1 is 1.25 bits per heavy atom. The highest BCUT2D eigenvalue weighted by atomic mass is 32.1. The van der Waals surface area contributed by atoms with Crippen molar-refractivity contribution in [1.82, 2.24) is 0 Å². The van der Waals surface area contributed by atoms with Gasteiger partial charge in [0.25, 0.3) is 0 Å². The summed E-state index contributed by atoms with van der Waals surface area (Å²) in [4.78, 5) is 24.2. The van der Waals surface area contributed by atoms with Crippen molar-refractivity contribution >= 4 is 23.1 Å². The summed E-state index contributed by atoms with van der Waals surface area (Å²) in [6.07, 6.45) is 4.60. The highest BCUT2D eigenvalue weighted by molar-refractivity contribution is 7.14. The quantitative estimate of drug-likeness (QED) is 0.820. The van der Waals surface area contributed by atoms with Crippen LogP contribution in [0.4, 0.5) is 0 Å². The van der Waals surface area contributed by atoms with E-state index in [4.69, 9.17) is 5.11 Å². The van der Waals surface area contributed by atoms with E-state index in [9.17, 15) is 9.59 Å². The molecule has 0 amide bonds. The molecule has 1 aliphatic carbocycles. The van der Waals surface area contributed by atoms with Gasteiger partial charge in [0.15, 0.2) is 5.78 Å². The molecule has 0 spiro atoms. The van der Waals surface area contributed by atoms with Crippen LogP contribution < -0.4 is 0 Å². The minimum absolute atomic E-state index is 0.0261. The summed E-state index contributed by atoms with van der Waals surface area (Å²) >= 11 is 1.55. The van der Waals surface area contributed by atoms with Crippen LogP contribution in [0.15, 0.2) is 6.07 Å². The third-order valence-corrected chi connectivity index (χ3v) is 4.12. The van der Waals surface area contributed by atoms with E-state index in [0.29, 0.717) is 0 Å². The molecule has 1 aliphatic rings. The van der Waals surface area contributed by atoms with Crippen LogP contribution in [0.5, 0.6) is 0 Å². The molecule has 1 aromatic rings. The van der Waals surface area contributed by atoms with Gasteiger partial charge < -0.3 is 5.11 Å². The van der Waals surface area contributed by atoms with Crippen molar-refractivity contribution in [2.45, 2.75) is 38.5 Å². The third kappa shape index (κ3) is 2.50. The first-order chi connectivity index (χ1) is 7.66. The van der Waals surface area contributed by atoms with E-state index in [1.807, 2.05) is 6.07 Å². The Hall–Kier alpha value is -1.16. The molecule has 4 heteroatoms. The van der Waals surface area contributed by atoms with Gasteiger partial charge in [-0.2, -0.15) is 0 Å². The molecule has 0 fully saturated rings. The van der Waals surface area contributed by atoms with Gasteiger partial charge in [0.2, 0.25) is 0 Å². The Kier molecular flexibility index (Phi) is 3.39. The average molecular weight is 238 g/mol. The smallest absolute Gasteiger partial charge is 0.303 e. The van der Waals surface area contributed by atoms with E-state index in [-0.39, 0.29) is 18.6 Å². The molecule has 1 heterocycles. The zero-order chi connectivity index (χ0) is 11.5. The number of thiophene rings is 1. The van der Waals surface area contributed by atoms with Crippen molar-refractivity contribution in [2.75, 3.05) is 0 Å². The molecular formula is C12H14O3S. The molecule has 0 atom stereocenters. The summed E-state index contributed by atoms with van der Waals surface area (Å²) in [6, 6.07) is 1.96. The molecule has 0 unspecified atom stereocenters. The molecule has 0 saturated carbocycles. The van der Waals surface area contributed by atoms with Gasteiger partial charge in [-0.15, -0.1) is 11.3 Å². The van der Waals surface area contributed by atoms with Crippen molar-refractivity contribution in [3.8, 4) is 0 Å². The van der Waals surface area contributed by atoms with Crippen LogP contribution in [0.1, 0.15) is 45.8 Å². The zero-order valence-electron chi connectivity index (χ0n) is 8.99. The number of carboxylic acid groups (broad SMARTS) is 1. The molecule has 1 N–H and O–H groups in total. The average Bonchev–Trinajstić information content (AvgIpc) is 2.69. The minimum atomic E-state index is -0.908. The van der Waals surface area contributed by atoms with Crippen LogP contribution in [0.2, 0.25) is 0 Å². The van der Waals surface area contributed by atoms with Crippen molar-refractivity contribution in [3.63, 3.8) is 0 Å². The normalized spacial score (nSPS) is 14.5. The molecule has 86 valence electrons. The summed E-state index contributed by atoms with van der Waals surface area (Å²) in [7, 11) is 0. The first-order valence-corrected chi connectivity index (χ1v) is 6.35. The van der Waals surface area contributed by atoms with E-state index in [1.54, 1.807) is 11.3 Å². The van der Waals surface area contributed by atoms with E-state index in [0.717, 1.165) is 17.7 Å². The number of fused-ring (bicyclic) bond motifs is 1. The van der Waals surface area contributed by atoms with Gasteiger partial charge in [-0.05, 0) is 37.3 Å². The summed E-state index contributed by atoms with van der Waals surface area (Å²) < 4.78 is 0. The van der Waals surface area contributed by atoms with Gasteiger partial charge in [0, 0.05) is 11.3 Å².